The highest BCUT2D eigenvalue weighted by atomic mass is 16.5. The van der Waals surface area contributed by atoms with Gasteiger partial charge in [-0.15, -0.1) is 0 Å². The molecule has 3 amide bonds. The highest BCUT2D eigenvalue weighted by molar-refractivity contribution is 6.05. The first kappa shape index (κ1) is 21.5. The third-order valence-corrected chi connectivity index (χ3v) is 6.28. The lowest BCUT2D eigenvalue weighted by Crippen LogP contribution is -2.34. The van der Waals surface area contributed by atoms with Gasteiger partial charge in [0.1, 0.15) is 0 Å². The zero-order chi connectivity index (χ0) is 21.8. The number of carbonyl (C=O) groups excluding carboxylic acids is 3. The molecule has 2 aromatic rings. The number of imide groups is 1. The molecule has 2 fully saturated rings. The van der Waals surface area contributed by atoms with Crippen molar-refractivity contribution in [3.63, 3.8) is 0 Å². The predicted molar refractivity (Wildman–Crippen MR) is 116 cm³/mol. The number of hydrogen-bond donors (Lipinski definition) is 1. The monoisotopic (exact) mass is 426 g/mol. The minimum absolute atomic E-state index is 0.0685. The van der Waals surface area contributed by atoms with Gasteiger partial charge in [-0.1, -0.05) is 25.0 Å². The van der Waals surface area contributed by atoms with Crippen LogP contribution in [-0.2, 0) is 25.7 Å². The van der Waals surface area contributed by atoms with E-state index in [0.717, 1.165) is 43.1 Å². The molecule has 0 spiro atoms. The number of aryl methyl sites for hydroxylation is 1. The minimum Gasteiger partial charge on any atom is -0.382 e. The maximum absolute atomic E-state index is 12.7. The number of para-hydroxylation sites is 2. The van der Waals surface area contributed by atoms with Crippen molar-refractivity contribution in [2.45, 2.75) is 52.0 Å². The van der Waals surface area contributed by atoms with Gasteiger partial charge in [0.15, 0.2) is 0 Å². The number of ether oxygens (including phenoxy) is 1. The average molecular weight is 427 g/mol. The van der Waals surface area contributed by atoms with Crippen LogP contribution in [0.15, 0.2) is 24.3 Å². The third-order valence-electron chi connectivity index (χ3n) is 6.28. The second-order valence-electron chi connectivity index (χ2n) is 8.25. The van der Waals surface area contributed by atoms with Crippen molar-refractivity contribution >= 4 is 34.7 Å². The zero-order valence-electron chi connectivity index (χ0n) is 18.0. The van der Waals surface area contributed by atoms with E-state index >= 15 is 0 Å². The van der Waals surface area contributed by atoms with Crippen LogP contribution in [0.2, 0.25) is 0 Å². The maximum Gasteiger partial charge on any atom is 0.233 e. The average Bonchev–Trinajstić information content (AvgIpc) is 3.24. The first-order valence-corrected chi connectivity index (χ1v) is 11.3. The second kappa shape index (κ2) is 9.60. The van der Waals surface area contributed by atoms with E-state index in [2.05, 4.69) is 10.3 Å². The Kier molecular flexibility index (Phi) is 6.65. The maximum atomic E-state index is 12.7. The number of amides is 3. The van der Waals surface area contributed by atoms with Gasteiger partial charge in [0.25, 0.3) is 0 Å². The van der Waals surface area contributed by atoms with Gasteiger partial charge in [0, 0.05) is 32.7 Å². The summed E-state index contributed by atoms with van der Waals surface area (Å²) in [5, 5.41) is 2.88. The molecule has 0 radical (unpaired) electrons. The first-order valence-electron chi connectivity index (χ1n) is 11.3. The van der Waals surface area contributed by atoms with Crippen LogP contribution in [0.1, 0.15) is 45.4 Å². The number of imidazole rings is 1. The molecule has 0 bridgehead atoms. The highest BCUT2D eigenvalue weighted by Crippen LogP contribution is 2.38. The summed E-state index contributed by atoms with van der Waals surface area (Å²) in [6.07, 6.45) is 4.42. The normalized spacial score (nSPS) is 21.0. The van der Waals surface area contributed by atoms with E-state index in [4.69, 9.17) is 4.74 Å². The first-order chi connectivity index (χ1) is 15.1. The molecular weight excluding hydrogens is 396 g/mol. The Bertz CT molecular complexity index is 946. The molecule has 8 heteroatoms. The molecular formula is C23H30N4O4. The molecule has 1 N–H and O–H groups in total. The van der Waals surface area contributed by atoms with Crippen molar-refractivity contribution < 1.29 is 19.1 Å². The summed E-state index contributed by atoms with van der Waals surface area (Å²) in [5.41, 5.74) is 1.76. The Hall–Kier alpha value is -2.74. The van der Waals surface area contributed by atoms with Gasteiger partial charge in [-0.3, -0.25) is 24.6 Å². The van der Waals surface area contributed by atoms with Gasteiger partial charge in [-0.25, -0.2) is 4.98 Å². The molecule has 166 valence electrons. The fourth-order valence-corrected chi connectivity index (χ4v) is 4.72. The van der Waals surface area contributed by atoms with Gasteiger partial charge >= 0.3 is 0 Å². The topological polar surface area (TPSA) is 93.5 Å². The molecule has 4 rings (SSSR count). The number of likely N-dealkylation sites (tertiary alicyclic amines) is 1. The number of aromatic nitrogens is 2. The van der Waals surface area contributed by atoms with Crippen LogP contribution < -0.4 is 5.32 Å². The Morgan fingerprint density at radius 3 is 2.55 bits per heavy atom. The van der Waals surface area contributed by atoms with E-state index in [1.165, 1.54) is 4.90 Å². The molecule has 1 saturated carbocycles. The number of nitrogens with zero attached hydrogens (tertiary/aromatic N) is 3. The number of anilines is 1. The summed E-state index contributed by atoms with van der Waals surface area (Å²) in [6.45, 7) is 4.06. The molecule has 1 aromatic carbocycles. The third kappa shape index (κ3) is 4.49. The minimum atomic E-state index is -0.253. The van der Waals surface area contributed by atoms with E-state index in [9.17, 15) is 14.4 Å². The molecule has 1 aliphatic carbocycles. The number of rotatable bonds is 9. The Labute approximate surface area is 181 Å². The lowest BCUT2D eigenvalue weighted by atomic mass is 9.81. The molecule has 2 unspecified atom stereocenters. The van der Waals surface area contributed by atoms with Crippen LogP contribution in [0.4, 0.5) is 5.95 Å². The molecule has 1 aromatic heterocycles. The molecule has 8 nitrogen and oxygen atoms in total. The standard InChI is InChI=1S/C23H30N4O4/c1-2-31-15-7-13-26-19-11-6-5-10-18(19)24-23(26)25-20(28)12-14-27-21(29)16-8-3-4-9-17(16)22(27)30/h5-6,10-11,16-17H,2-4,7-9,12-15H2,1H3,(H,24,25,28). The summed E-state index contributed by atoms with van der Waals surface area (Å²) < 4.78 is 7.41. The second-order valence-corrected chi connectivity index (χ2v) is 8.25. The number of nitrogens with one attached hydrogen (secondary N) is 1. The summed E-state index contributed by atoms with van der Waals surface area (Å²) >= 11 is 0. The smallest absolute Gasteiger partial charge is 0.233 e. The van der Waals surface area contributed by atoms with Gasteiger partial charge < -0.3 is 9.30 Å². The number of fused-ring (bicyclic) bond motifs is 2. The number of carbonyl (C=O) groups is 3. The van der Waals surface area contributed by atoms with E-state index < -0.39 is 0 Å². The van der Waals surface area contributed by atoms with Crippen LogP contribution in [-0.4, -0.2) is 51.9 Å². The molecule has 1 saturated heterocycles. The van der Waals surface area contributed by atoms with E-state index in [-0.39, 0.29) is 42.5 Å². The summed E-state index contributed by atoms with van der Waals surface area (Å²) in [4.78, 5) is 43.7. The largest absolute Gasteiger partial charge is 0.382 e. The zero-order valence-corrected chi connectivity index (χ0v) is 18.0. The SMILES string of the molecule is CCOCCCn1c(NC(=O)CCN2C(=O)C3CCCCC3C2=O)nc2ccccc21. The van der Waals surface area contributed by atoms with Gasteiger partial charge in [-0.05, 0) is 38.3 Å². The molecule has 2 heterocycles. The molecule has 1 aliphatic heterocycles. The van der Waals surface area contributed by atoms with E-state index in [1.54, 1.807) is 0 Å². The lowest BCUT2D eigenvalue weighted by molar-refractivity contribution is -0.140. The summed E-state index contributed by atoms with van der Waals surface area (Å²) in [5.74, 6) is -0.346. The van der Waals surface area contributed by atoms with Crippen LogP contribution in [0.3, 0.4) is 0 Å². The molecule has 31 heavy (non-hydrogen) atoms. The van der Waals surface area contributed by atoms with Gasteiger partial charge in [-0.2, -0.15) is 0 Å². The Morgan fingerprint density at radius 2 is 1.84 bits per heavy atom. The van der Waals surface area contributed by atoms with Gasteiger partial charge in [0.2, 0.25) is 23.7 Å². The van der Waals surface area contributed by atoms with E-state index in [1.807, 2.05) is 35.8 Å². The predicted octanol–water partition coefficient (Wildman–Crippen LogP) is 2.97. The molecule has 2 aliphatic rings. The van der Waals surface area contributed by atoms with Crippen molar-refractivity contribution in [1.29, 1.82) is 0 Å². The summed E-state index contributed by atoms with van der Waals surface area (Å²) in [7, 11) is 0. The number of hydrogen-bond acceptors (Lipinski definition) is 5. The summed E-state index contributed by atoms with van der Waals surface area (Å²) in [6, 6.07) is 7.74. The molecule has 2 atom stereocenters. The van der Waals surface area contributed by atoms with Crippen molar-refractivity contribution in [2.24, 2.45) is 11.8 Å². The quantitative estimate of drug-likeness (QED) is 0.491. The van der Waals surface area contributed by atoms with Crippen molar-refractivity contribution in [3.05, 3.63) is 24.3 Å². The van der Waals surface area contributed by atoms with Crippen molar-refractivity contribution in [1.82, 2.24) is 14.5 Å². The van der Waals surface area contributed by atoms with Crippen LogP contribution >= 0.6 is 0 Å². The fourth-order valence-electron chi connectivity index (χ4n) is 4.72. The van der Waals surface area contributed by atoms with Crippen LogP contribution in [0, 0.1) is 11.8 Å². The Balaban J connectivity index is 1.40. The van der Waals surface area contributed by atoms with Gasteiger partial charge in [0.05, 0.1) is 22.9 Å². The fraction of sp³-hybridized carbons (Fsp3) is 0.565. The van der Waals surface area contributed by atoms with Crippen LogP contribution in [0.5, 0.6) is 0 Å². The highest BCUT2D eigenvalue weighted by Gasteiger charge is 2.47. The number of benzene rings is 1. The van der Waals surface area contributed by atoms with Crippen molar-refractivity contribution in [2.75, 3.05) is 25.1 Å². The van der Waals surface area contributed by atoms with Crippen molar-refractivity contribution in [3.8, 4) is 0 Å². The van der Waals surface area contributed by atoms with Crippen LogP contribution in [0.25, 0.3) is 11.0 Å². The van der Waals surface area contributed by atoms with E-state index in [0.29, 0.717) is 25.7 Å². The Morgan fingerprint density at radius 1 is 1.13 bits per heavy atom. The lowest BCUT2D eigenvalue weighted by Gasteiger charge is -2.19.